The summed E-state index contributed by atoms with van der Waals surface area (Å²) in [5.74, 6) is -1.03. The summed E-state index contributed by atoms with van der Waals surface area (Å²) < 4.78 is 68.4. The van der Waals surface area contributed by atoms with Gasteiger partial charge in [0.2, 0.25) is 0 Å². The molecule has 9 heteroatoms. The number of halogens is 6. The van der Waals surface area contributed by atoms with Gasteiger partial charge in [-0.15, -0.1) is 0 Å². The molecule has 1 aromatic heterocycles. The van der Waals surface area contributed by atoms with Crippen molar-refractivity contribution in [3.05, 3.63) is 27.5 Å². The van der Waals surface area contributed by atoms with Crippen LogP contribution in [0.25, 0.3) is 0 Å². The summed E-state index contributed by atoms with van der Waals surface area (Å²) in [6.07, 6.45) is -8.40. The minimum absolute atomic E-state index is 0.0639. The van der Waals surface area contributed by atoms with Crippen molar-refractivity contribution in [3.8, 4) is 0 Å². The van der Waals surface area contributed by atoms with Gasteiger partial charge in [0, 0.05) is 21.8 Å². The topological polar surface area (TPSA) is 39.2 Å². The van der Waals surface area contributed by atoms with Crippen LogP contribution in [0, 0.1) is 0 Å². The van der Waals surface area contributed by atoms with Crippen molar-refractivity contribution in [1.82, 2.24) is 4.98 Å². The van der Waals surface area contributed by atoms with E-state index in [9.17, 15) is 26.7 Å². The van der Waals surface area contributed by atoms with E-state index in [0.717, 1.165) is 0 Å². The average Bonchev–Trinajstić information content (AvgIpc) is 2.26. The lowest BCUT2D eigenvalue weighted by molar-refractivity contribution is -0.144. The Morgan fingerprint density at radius 1 is 1.45 bits per heavy atom. The summed E-state index contributed by atoms with van der Waals surface area (Å²) in [7, 11) is 0. The molecule has 112 valence electrons. The molecule has 3 nitrogen and oxygen atoms in total. The largest absolute Gasteiger partial charge is 0.466 e. The third-order valence-corrected chi connectivity index (χ3v) is 2.92. The van der Waals surface area contributed by atoms with E-state index in [1.807, 2.05) is 0 Å². The zero-order valence-corrected chi connectivity index (χ0v) is 11.7. The fourth-order valence-electron chi connectivity index (χ4n) is 1.56. The van der Waals surface area contributed by atoms with E-state index in [1.165, 1.54) is 6.92 Å². The Balaban J connectivity index is 3.40. The van der Waals surface area contributed by atoms with E-state index >= 15 is 0 Å². The van der Waals surface area contributed by atoms with E-state index < -0.39 is 41.8 Å². The molecule has 20 heavy (non-hydrogen) atoms. The summed E-state index contributed by atoms with van der Waals surface area (Å²) in [6.45, 7) is 1.39. The highest BCUT2D eigenvalue weighted by molar-refractivity contribution is 9.10. The summed E-state index contributed by atoms with van der Waals surface area (Å²) in [6, 6.07) is 0. The number of hydrogen-bond donors (Lipinski definition) is 0. The first-order chi connectivity index (χ1) is 9.18. The van der Waals surface area contributed by atoms with Gasteiger partial charge in [-0.3, -0.25) is 9.78 Å². The SMILES string of the molecule is CCOC(=O)Cc1c(C(F)(F)F)ncc(Br)c1C(F)F. The molecule has 0 radical (unpaired) electrons. The van der Waals surface area contributed by atoms with Crippen LogP contribution < -0.4 is 0 Å². The maximum Gasteiger partial charge on any atom is 0.433 e. The van der Waals surface area contributed by atoms with Gasteiger partial charge in [0.1, 0.15) is 5.69 Å². The molecule has 0 unspecified atom stereocenters. The van der Waals surface area contributed by atoms with E-state index in [0.29, 0.717) is 6.20 Å². The molecule has 1 aromatic rings. The molecule has 0 spiro atoms. The fourth-order valence-corrected chi connectivity index (χ4v) is 2.07. The van der Waals surface area contributed by atoms with Crippen LogP contribution in [0.1, 0.15) is 30.2 Å². The smallest absolute Gasteiger partial charge is 0.433 e. The van der Waals surface area contributed by atoms with Crippen LogP contribution in [0.5, 0.6) is 0 Å². The Morgan fingerprint density at radius 3 is 2.50 bits per heavy atom. The molecule has 0 amide bonds. The first-order valence-corrected chi connectivity index (χ1v) is 6.16. The highest BCUT2D eigenvalue weighted by Gasteiger charge is 2.38. The zero-order valence-electron chi connectivity index (χ0n) is 10.1. The maximum atomic E-state index is 12.9. The Kier molecular flexibility index (Phi) is 5.43. The van der Waals surface area contributed by atoms with Crippen LogP contribution in [0.3, 0.4) is 0 Å². The summed E-state index contributed by atoms with van der Waals surface area (Å²) in [5.41, 5.74) is -3.29. The van der Waals surface area contributed by atoms with Crippen LogP contribution in [0.2, 0.25) is 0 Å². The second-order valence-electron chi connectivity index (χ2n) is 3.63. The molecule has 0 aliphatic heterocycles. The van der Waals surface area contributed by atoms with E-state index in [1.54, 1.807) is 0 Å². The molecular formula is C11H9BrF5NO2. The minimum atomic E-state index is -4.94. The number of pyridine rings is 1. The normalized spacial score (nSPS) is 11.8. The van der Waals surface area contributed by atoms with Crippen molar-refractivity contribution < 1.29 is 31.5 Å². The quantitative estimate of drug-likeness (QED) is 0.602. The monoisotopic (exact) mass is 361 g/mol. The molecule has 0 aliphatic carbocycles. The van der Waals surface area contributed by atoms with Crippen LogP contribution in [0.15, 0.2) is 10.7 Å². The number of rotatable bonds is 4. The minimum Gasteiger partial charge on any atom is -0.466 e. The number of esters is 1. The Hall–Kier alpha value is -1.25. The predicted octanol–water partition coefficient (Wildman–Crippen LogP) is 3.91. The van der Waals surface area contributed by atoms with Gasteiger partial charge in [0.15, 0.2) is 0 Å². The van der Waals surface area contributed by atoms with E-state index in [2.05, 4.69) is 25.7 Å². The van der Waals surface area contributed by atoms with Crippen molar-refractivity contribution in [2.24, 2.45) is 0 Å². The summed E-state index contributed by atoms with van der Waals surface area (Å²) in [4.78, 5) is 14.4. The lowest BCUT2D eigenvalue weighted by Gasteiger charge is -2.16. The third kappa shape index (κ3) is 3.87. The number of nitrogens with zero attached hydrogens (tertiary/aromatic N) is 1. The van der Waals surface area contributed by atoms with Gasteiger partial charge in [0.05, 0.1) is 13.0 Å². The average molecular weight is 362 g/mol. The van der Waals surface area contributed by atoms with Gasteiger partial charge in [-0.05, 0) is 22.9 Å². The number of carbonyl (C=O) groups is 1. The van der Waals surface area contributed by atoms with E-state index in [-0.39, 0.29) is 11.1 Å². The molecule has 0 atom stereocenters. The van der Waals surface area contributed by atoms with Crippen molar-refractivity contribution in [2.75, 3.05) is 6.61 Å². The van der Waals surface area contributed by atoms with Gasteiger partial charge in [0.25, 0.3) is 6.43 Å². The number of carbonyl (C=O) groups excluding carboxylic acids is 1. The lowest BCUT2D eigenvalue weighted by atomic mass is 10.0. The number of hydrogen-bond acceptors (Lipinski definition) is 3. The molecule has 0 aliphatic rings. The highest BCUT2D eigenvalue weighted by Crippen LogP contribution is 2.38. The van der Waals surface area contributed by atoms with E-state index in [4.69, 9.17) is 0 Å². The highest BCUT2D eigenvalue weighted by atomic mass is 79.9. The zero-order chi connectivity index (χ0) is 15.5. The molecule has 1 heterocycles. The lowest BCUT2D eigenvalue weighted by Crippen LogP contribution is -2.18. The van der Waals surface area contributed by atoms with Gasteiger partial charge >= 0.3 is 12.1 Å². The molecule has 0 saturated heterocycles. The fraction of sp³-hybridized carbons (Fsp3) is 0.455. The Bertz CT molecular complexity index is 504. The second kappa shape index (κ2) is 6.47. The van der Waals surface area contributed by atoms with Crippen molar-refractivity contribution in [3.63, 3.8) is 0 Å². The molecule has 0 bridgehead atoms. The van der Waals surface area contributed by atoms with Gasteiger partial charge < -0.3 is 4.74 Å². The van der Waals surface area contributed by atoms with Crippen molar-refractivity contribution >= 4 is 21.9 Å². The van der Waals surface area contributed by atoms with Crippen LogP contribution in [0.4, 0.5) is 22.0 Å². The summed E-state index contributed by atoms with van der Waals surface area (Å²) in [5, 5.41) is 0. The maximum absolute atomic E-state index is 12.9. The van der Waals surface area contributed by atoms with Gasteiger partial charge in [-0.25, -0.2) is 8.78 Å². The number of ether oxygens (including phenoxy) is 1. The van der Waals surface area contributed by atoms with Crippen molar-refractivity contribution in [2.45, 2.75) is 25.9 Å². The number of alkyl halides is 5. The Morgan fingerprint density at radius 2 is 2.05 bits per heavy atom. The van der Waals surface area contributed by atoms with Crippen molar-refractivity contribution in [1.29, 1.82) is 0 Å². The molecule has 0 aromatic carbocycles. The van der Waals surface area contributed by atoms with Gasteiger partial charge in [-0.2, -0.15) is 13.2 Å². The second-order valence-corrected chi connectivity index (χ2v) is 4.48. The van der Waals surface area contributed by atoms with Crippen LogP contribution in [-0.4, -0.2) is 17.6 Å². The first-order valence-electron chi connectivity index (χ1n) is 5.36. The van der Waals surface area contributed by atoms with Crippen LogP contribution >= 0.6 is 15.9 Å². The molecule has 1 rings (SSSR count). The molecule has 0 fully saturated rings. The standard InChI is InChI=1S/C11H9BrF5NO2/c1-2-20-7(19)3-5-8(10(13)14)6(12)4-18-9(5)11(15,16)17/h4,10H,2-3H2,1H3. The van der Waals surface area contributed by atoms with Crippen LogP contribution in [-0.2, 0) is 22.1 Å². The number of aromatic nitrogens is 1. The molecular weight excluding hydrogens is 353 g/mol. The predicted molar refractivity (Wildman–Crippen MR) is 62.2 cm³/mol. The van der Waals surface area contributed by atoms with Gasteiger partial charge in [-0.1, -0.05) is 0 Å². The Labute approximate surface area is 119 Å². The molecule has 0 N–H and O–H groups in total. The molecule has 0 saturated carbocycles. The first kappa shape index (κ1) is 16.8. The summed E-state index contributed by atoms with van der Waals surface area (Å²) >= 11 is 2.72. The third-order valence-electron chi connectivity index (χ3n) is 2.29.